The van der Waals surface area contributed by atoms with E-state index in [-0.39, 0.29) is 10.7 Å². The molecule has 26 heavy (non-hydrogen) atoms. The molecule has 6 nitrogen and oxygen atoms in total. The summed E-state index contributed by atoms with van der Waals surface area (Å²) in [4.78, 5) is 10.9. The lowest BCUT2D eigenvalue weighted by atomic mass is 10.2. The van der Waals surface area contributed by atoms with Crippen LogP contribution in [0, 0.1) is 0 Å². The minimum absolute atomic E-state index is 0.0536. The fraction of sp³-hybridized carbons (Fsp3) is 0.118. The fourth-order valence-corrected chi connectivity index (χ4v) is 2.41. The molecule has 1 heterocycles. The number of amides is 1. The molecule has 0 aliphatic rings. The zero-order chi connectivity index (χ0) is 19.1. The van der Waals surface area contributed by atoms with Crippen LogP contribution in [0.3, 0.4) is 0 Å². The monoisotopic (exact) mass is 456 g/mol. The summed E-state index contributed by atoms with van der Waals surface area (Å²) in [6.07, 6.45) is 0. The zero-order valence-electron chi connectivity index (χ0n) is 13.6. The van der Waals surface area contributed by atoms with E-state index in [1.54, 1.807) is 36.4 Å². The fourth-order valence-electron chi connectivity index (χ4n) is 1.85. The van der Waals surface area contributed by atoms with Crippen molar-refractivity contribution in [1.82, 2.24) is 15.6 Å². The number of carbonyl (C=O) groups excluding carboxylic acids is 1. The highest BCUT2D eigenvalue weighted by Gasteiger charge is 2.12. The Morgan fingerprint density at radius 3 is 2.35 bits per heavy atom. The molecule has 3 aromatic rings. The van der Waals surface area contributed by atoms with Gasteiger partial charge in [-0.05, 0) is 43.3 Å². The van der Waals surface area contributed by atoms with Crippen molar-refractivity contribution in [3.8, 4) is 11.5 Å². The maximum Gasteiger partial charge on any atom is 0.265 e. The molecule has 3 N–H and O–H groups in total. The number of hydrogen-bond donors (Lipinski definition) is 2. The molecule has 1 atom stereocenters. The summed E-state index contributed by atoms with van der Waals surface area (Å²) in [5.74, 6) is 5.62. The molecule has 1 amide bonds. The molecule has 3 rings (SSSR count). The van der Waals surface area contributed by atoms with Crippen LogP contribution in [-0.4, -0.2) is 16.1 Å². The van der Waals surface area contributed by atoms with Crippen molar-refractivity contribution >= 4 is 45.0 Å². The van der Waals surface area contributed by atoms with Crippen molar-refractivity contribution in [2.24, 2.45) is 5.84 Å². The summed E-state index contributed by atoms with van der Waals surface area (Å²) >= 11 is 14.9. The van der Waals surface area contributed by atoms with Crippen LogP contribution in [0.5, 0.6) is 0 Å². The summed E-state index contributed by atoms with van der Waals surface area (Å²) in [5.41, 5.74) is 3.30. The quantitative estimate of drug-likeness (QED) is 0.255. The first-order chi connectivity index (χ1) is 12.4. The van der Waals surface area contributed by atoms with E-state index in [2.05, 4.69) is 26.1 Å². The standard InChI is InChI=1S/C10H8BrClN2O.C7H7ClN2O/c1-6(11)9-13-14-10(15-9)7-3-2-4-8(12)5-7;8-6-3-1-2-5(4-6)7(11)10-9/h2-6H,1H3;1-4H,9H2,(H,10,11). The average Bonchev–Trinajstić information content (AvgIpc) is 3.12. The van der Waals surface area contributed by atoms with Crippen molar-refractivity contribution in [1.29, 1.82) is 0 Å². The third kappa shape index (κ3) is 5.81. The maximum atomic E-state index is 10.9. The predicted octanol–water partition coefficient (Wildman–Crippen LogP) is 4.79. The zero-order valence-corrected chi connectivity index (χ0v) is 16.7. The van der Waals surface area contributed by atoms with Gasteiger partial charge in [0.2, 0.25) is 11.8 Å². The van der Waals surface area contributed by atoms with E-state index in [0.29, 0.717) is 27.4 Å². The van der Waals surface area contributed by atoms with E-state index in [0.717, 1.165) is 5.56 Å². The van der Waals surface area contributed by atoms with Crippen molar-refractivity contribution in [3.63, 3.8) is 0 Å². The average molecular weight is 458 g/mol. The Morgan fingerprint density at radius 1 is 1.15 bits per heavy atom. The Bertz CT molecular complexity index is 886. The lowest BCUT2D eigenvalue weighted by Crippen LogP contribution is -2.29. The van der Waals surface area contributed by atoms with Crippen LogP contribution in [0.4, 0.5) is 0 Å². The Balaban J connectivity index is 0.000000197. The summed E-state index contributed by atoms with van der Waals surface area (Å²) in [5, 5.41) is 9.03. The second-order valence-corrected chi connectivity index (χ2v) is 7.30. The van der Waals surface area contributed by atoms with Gasteiger partial charge in [-0.3, -0.25) is 10.2 Å². The van der Waals surface area contributed by atoms with E-state index in [4.69, 9.17) is 33.5 Å². The molecule has 9 heteroatoms. The first kappa shape index (κ1) is 20.4. The highest BCUT2D eigenvalue weighted by molar-refractivity contribution is 9.09. The molecule has 2 aromatic carbocycles. The molecule has 0 saturated carbocycles. The normalized spacial score (nSPS) is 11.3. The lowest BCUT2D eigenvalue weighted by Gasteiger charge is -1.97. The topological polar surface area (TPSA) is 94.0 Å². The SMILES string of the molecule is CC(Br)c1nnc(-c2cccc(Cl)c2)o1.NNC(=O)c1cccc(Cl)c1. The van der Waals surface area contributed by atoms with Crippen molar-refractivity contribution in [2.75, 3.05) is 0 Å². The highest BCUT2D eigenvalue weighted by Crippen LogP contribution is 2.26. The third-order valence-electron chi connectivity index (χ3n) is 3.07. The van der Waals surface area contributed by atoms with Crippen LogP contribution >= 0.6 is 39.1 Å². The van der Waals surface area contributed by atoms with E-state index in [9.17, 15) is 4.79 Å². The number of hydrogen-bond acceptors (Lipinski definition) is 5. The number of carbonyl (C=O) groups is 1. The maximum absolute atomic E-state index is 10.9. The number of halogens is 3. The number of aromatic nitrogens is 2. The molecule has 0 aliphatic heterocycles. The lowest BCUT2D eigenvalue weighted by molar-refractivity contribution is 0.0953. The first-order valence-corrected chi connectivity index (χ1v) is 9.07. The molecule has 0 spiro atoms. The van der Waals surface area contributed by atoms with Gasteiger partial charge < -0.3 is 4.42 Å². The molecule has 1 unspecified atom stereocenters. The van der Waals surface area contributed by atoms with Gasteiger partial charge in [0.25, 0.3) is 5.91 Å². The number of nitrogen functional groups attached to an aromatic ring is 1. The van der Waals surface area contributed by atoms with Crippen LogP contribution < -0.4 is 11.3 Å². The van der Waals surface area contributed by atoms with Crippen LogP contribution in [0.2, 0.25) is 10.0 Å². The van der Waals surface area contributed by atoms with Crippen molar-refractivity contribution in [3.05, 3.63) is 70.0 Å². The highest BCUT2D eigenvalue weighted by atomic mass is 79.9. The van der Waals surface area contributed by atoms with Gasteiger partial charge in [-0.25, -0.2) is 5.84 Å². The molecule has 136 valence electrons. The summed E-state index contributed by atoms with van der Waals surface area (Å²) in [7, 11) is 0. The first-order valence-electron chi connectivity index (χ1n) is 7.40. The van der Waals surface area contributed by atoms with Crippen molar-refractivity contribution in [2.45, 2.75) is 11.8 Å². The van der Waals surface area contributed by atoms with E-state index < -0.39 is 0 Å². The van der Waals surface area contributed by atoms with Gasteiger partial charge in [0.1, 0.15) is 0 Å². The minimum atomic E-state index is -0.340. The Morgan fingerprint density at radius 2 is 1.81 bits per heavy atom. The molecule has 0 radical (unpaired) electrons. The predicted molar refractivity (Wildman–Crippen MR) is 105 cm³/mol. The number of nitrogens with two attached hydrogens (primary N) is 1. The number of nitrogens with zero attached hydrogens (tertiary/aromatic N) is 2. The largest absolute Gasteiger partial charge is 0.419 e. The summed E-state index contributed by atoms with van der Waals surface area (Å²) in [6.45, 7) is 1.93. The van der Waals surface area contributed by atoms with Crippen LogP contribution in [0.25, 0.3) is 11.5 Å². The second-order valence-electron chi connectivity index (χ2n) is 5.06. The van der Waals surface area contributed by atoms with Gasteiger partial charge >= 0.3 is 0 Å². The molecule has 1 aromatic heterocycles. The third-order valence-corrected chi connectivity index (χ3v) is 3.93. The summed E-state index contributed by atoms with van der Waals surface area (Å²) < 4.78 is 5.46. The van der Waals surface area contributed by atoms with Crippen LogP contribution in [-0.2, 0) is 0 Å². The number of nitrogens with one attached hydrogen (secondary N) is 1. The van der Waals surface area contributed by atoms with Crippen molar-refractivity contribution < 1.29 is 9.21 Å². The van der Waals surface area contributed by atoms with E-state index in [1.165, 1.54) is 0 Å². The van der Waals surface area contributed by atoms with Gasteiger partial charge in [0.05, 0.1) is 4.83 Å². The van der Waals surface area contributed by atoms with Crippen LogP contribution in [0.1, 0.15) is 28.0 Å². The molecule has 0 aliphatic carbocycles. The number of hydrazine groups is 1. The number of rotatable bonds is 3. The molecular formula is C17H15BrCl2N4O2. The second kappa shape index (κ2) is 9.68. The number of alkyl halides is 1. The van der Waals surface area contributed by atoms with Gasteiger partial charge in [-0.2, -0.15) is 0 Å². The molecule has 0 saturated heterocycles. The molecule has 0 bridgehead atoms. The molecular weight excluding hydrogens is 443 g/mol. The van der Waals surface area contributed by atoms with Crippen LogP contribution in [0.15, 0.2) is 52.9 Å². The Labute approximate surface area is 168 Å². The van der Waals surface area contributed by atoms with Gasteiger partial charge in [-0.1, -0.05) is 51.3 Å². The summed E-state index contributed by atoms with van der Waals surface area (Å²) in [6, 6.07) is 13.9. The minimum Gasteiger partial charge on any atom is -0.419 e. The van der Waals surface area contributed by atoms with E-state index in [1.807, 2.05) is 24.5 Å². The Kier molecular flexibility index (Phi) is 7.59. The Hall–Kier alpha value is -1.93. The number of benzene rings is 2. The van der Waals surface area contributed by atoms with Gasteiger partial charge in [0, 0.05) is 21.2 Å². The van der Waals surface area contributed by atoms with Gasteiger partial charge in [0.15, 0.2) is 0 Å². The molecule has 0 fully saturated rings. The van der Waals surface area contributed by atoms with Gasteiger partial charge in [-0.15, -0.1) is 10.2 Å². The van der Waals surface area contributed by atoms with E-state index >= 15 is 0 Å². The smallest absolute Gasteiger partial charge is 0.265 e.